The second-order valence-corrected chi connectivity index (χ2v) is 4.09. The van der Waals surface area contributed by atoms with Gasteiger partial charge in [-0.2, -0.15) is 0 Å². The van der Waals surface area contributed by atoms with Crippen LogP contribution in [0.3, 0.4) is 0 Å². The Morgan fingerprint density at radius 2 is 2.00 bits per heavy atom. The van der Waals surface area contributed by atoms with Crippen LogP contribution in [0.25, 0.3) is 0 Å². The van der Waals surface area contributed by atoms with E-state index in [0.717, 1.165) is 12.8 Å². The molecule has 0 aromatic heterocycles. The molecule has 0 bridgehead atoms. The quantitative estimate of drug-likeness (QED) is 0.700. The van der Waals surface area contributed by atoms with Gasteiger partial charge in [0.15, 0.2) is 0 Å². The Bertz CT molecular complexity index is 284. The molecule has 15 heavy (non-hydrogen) atoms. The molecule has 1 heterocycles. The van der Waals surface area contributed by atoms with Crippen LogP contribution in [0.15, 0.2) is 0 Å². The van der Waals surface area contributed by atoms with Gasteiger partial charge in [0.05, 0.1) is 13.1 Å². The molecule has 2 N–H and O–H groups in total. The Labute approximate surface area is 87.9 Å². The van der Waals surface area contributed by atoms with Crippen LogP contribution in [0.2, 0.25) is 0 Å². The van der Waals surface area contributed by atoms with E-state index in [1.165, 1.54) is 0 Å². The highest BCUT2D eigenvalue weighted by Gasteiger charge is 2.38. The molecule has 1 aliphatic heterocycles. The first-order valence-corrected chi connectivity index (χ1v) is 5.05. The molecule has 1 aliphatic carbocycles. The molecule has 0 radical (unpaired) electrons. The normalized spacial score (nSPS) is 20.7. The van der Waals surface area contributed by atoms with E-state index >= 15 is 0 Å². The number of rotatable bonds is 2. The summed E-state index contributed by atoms with van der Waals surface area (Å²) in [6, 6.07) is 0.426. The number of nitrogens with zero attached hydrogens (tertiary/aromatic N) is 2. The van der Waals surface area contributed by atoms with E-state index in [2.05, 4.69) is 0 Å². The maximum absolute atomic E-state index is 11.7. The molecule has 6 nitrogen and oxygen atoms in total. The van der Waals surface area contributed by atoms with Crippen LogP contribution >= 0.6 is 0 Å². The van der Waals surface area contributed by atoms with Crippen molar-refractivity contribution in [2.75, 3.05) is 20.1 Å². The molecule has 6 heteroatoms. The molecular formula is C9H15N3O3. The zero-order valence-corrected chi connectivity index (χ0v) is 8.68. The fraction of sp³-hybridized carbons (Fsp3) is 0.778. The first-order chi connectivity index (χ1) is 7.08. The maximum atomic E-state index is 11.7. The lowest BCUT2D eigenvalue weighted by Crippen LogP contribution is -2.58. The van der Waals surface area contributed by atoms with Crippen molar-refractivity contribution >= 4 is 12.1 Å². The van der Waals surface area contributed by atoms with Crippen molar-refractivity contribution < 1.29 is 14.3 Å². The van der Waals surface area contributed by atoms with Gasteiger partial charge in [0.2, 0.25) is 0 Å². The number of hydrogen-bond donors (Lipinski definition) is 1. The number of ether oxygens (including phenoxy) is 1. The predicted octanol–water partition coefficient (Wildman–Crippen LogP) is -0.0199. The average molecular weight is 213 g/mol. The molecule has 1 saturated heterocycles. The van der Waals surface area contributed by atoms with Crippen molar-refractivity contribution in [2.45, 2.75) is 25.0 Å². The summed E-state index contributed by atoms with van der Waals surface area (Å²) < 4.78 is 4.75. The summed E-state index contributed by atoms with van der Waals surface area (Å²) in [5, 5.41) is 0. The van der Waals surface area contributed by atoms with Crippen LogP contribution in [0.5, 0.6) is 0 Å². The van der Waals surface area contributed by atoms with E-state index in [-0.39, 0.29) is 12.1 Å². The standard InChI is InChI=1S/C9H15N3O3/c1-11(6-2-3-6)9(14)12-4-7(5-12)15-8(10)13/h6-7H,2-5H2,1H3,(H2,10,13). The monoisotopic (exact) mass is 213 g/mol. The third kappa shape index (κ3) is 2.14. The average Bonchev–Trinajstić information content (AvgIpc) is 2.90. The van der Waals surface area contributed by atoms with Crippen molar-refractivity contribution in [3.05, 3.63) is 0 Å². The highest BCUT2D eigenvalue weighted by molar-refractivity contribution is 5.76. The summed E-state index contributed by atoms with van der Waals surface area (Å²) in [5.41, 5.74) is 4.87. The zero-order valence-electron chi connectivity index (χ0n) is 8.68. The lowest BCUT2D eigenvalue weighted by atomic mass is 10.2. The van der Waals surface area contributed by atoms with Gasteiger partial charge in [-0.05, 0) is 12.8 Å². The van der Waals surface area contributed by atoms with Crippen LogP contribution in [0.4, 0.5) is 9.59 Å². The minimum absolute atomic E-state index is 0.0156. The number of amides is 3. The number of nitrogens with two attached hydrogens (primary N) is 1. The van der Waals surface area contributed by atoms with Crippen molar-refractivity contribution in [1.82, 2.24) is 9.80 Å². The van der Waals surface area contributed by atoms with Crippen molar-refractivity contribution in [3.8, 4) is 0 Å². The second-order valence-electron chi connectivity index (χ2n) is 4.09. The maximum Gasteiger partial charge on any atom is 0.404 e. The molecule has 84 valence electrons. The number of likely N-dealkylation sites (tertiary alicyclic amines) is 1. The Balaban J connectivity index is 1.73. The van der Waals surface area contributed by atoms with Crippen LogP contribution in [0, 0.1) is 0 Å². The fourth-order valence-corrected chi connectivity index (χ4v) is 1.67. The first kappa shape index (κ1) is 10.1. The Morgan fingerprint density at radius 1 is 1.40 bits per heavy atom. The molecule has 2 aliphatic rings. The van der Waals surface area contributed by atoms with Crippen LogP contribution in [-0.2, 0) is 4.74 Å². The summed E-state index contributed by atoms with van der Waals surface area (Å²) >= 11 is 0. The van der Waals surface area contributed by atoms with Gasteiger partial charge in [0.25, 0.3) is 0 Å². The number of carbonyl (C=O) groups is 2. The van der Waals surface area contributed by atoms with Gasteiger partial charge in [-0.25, -0.2) is 9.59 Å². The minimum Gasteiger partial charge on any atom is -0.443 e. The van der Waals surface area contributed by atoms with Gasteiger partial charge >= 0.3 is 12.1 Å². The van der Waals surface area contributed by atoms with E-state index in [1.807, 2.05) is 7.05 Å². The smallest absolute Gasteiger partial charge is 0.404 e. The minimum atomic E-state index is -0.775. The van der Waals surface area contributed by atoms with Crippen LogP contribution in [-0.4, -0.2) is 54.2 Å². The van der Waals surface area contributed by atoms with Gasteiger partial charge < -0.3 is 20.3 Å². The Morgan fingerprint density at radius 3 is 2.47 bits per heavy atom. The molecule has 0 unspecified atom stereocenters. The molecule has 2 rings (SSSR count). The number of hydrogen-bond acceptors (Lipinski definition) is 3. The van der Waals surface area contributed by atoms with Gasteiger partial charge in [-0.15, -0.1) is 0 Å². The van der Waals surface area contributed by atoms with Crippen molar-refractivity contribution in [1.29, 1.82) is 0 Å². The predicted molar refractivity (Wildman–Crippen MR) is 52.2 cm³/mol. The summed E-state index contributed by atoms with van der Waals surface area (Å²) in [4.78, 5) is 25.5. The Kier molecular flexibility index (Phi) is 2.42. The third-order valence-electron chi connectivity index (χ3n) is 2.80. The molecule has 0 aromatic rings. The first-order valence-electron chi connectivity index (χ1n) is 5.05. The zero-order chi connectivity index (χ0) is 11.0. The molecule has 2 fully saturated rings. The van der Waals surface area contributed by atoms with E-state index in [9.17, 15) is 9.59 Å². The second kappa shape index (κ2) is 3.60. The van der Waals surface area contributed by atoms with E-state index in [1.54, 1.807) is 9.80 Å². The lowest BCUT2D eigenvalue weighted by Gasteiger charge is -2.40. The topological polar surface area (TPSA) is 75.9 Å². The van der Waals surface area contributed by atoms with Crippen LogP contribution < -0.4 is 5.73 Å². The molecular weight excluding hydrogens is 198 g/mol. The molecule has 0 spiro atoms. The van der Waals surface area contributed by atoms with E-state index in [0.29, 0.717) is 19.1 Å². The van der Waals surface area contributed by atoms with Crippen molar-refractivity contribution in [3.63, 3.8) is 0 Å². The van der Waals surface area contributed by atoms with Gasteiger partial charge in [0, 0.05) is 13.1 Å². The lowest BCUT2D eigenvalue weighted by molar-refractivity contribution is 0.00363. The number of urea groups is 1. The highest BCUT2D eigenvalue weighted by Crippen LogP contribution is 2.27. The van der Waals surface area contributed by atoms with E-state index < -0.39 is 6.09 Å². The molecule has 3 amide bonds. The van der Waals surface area contributed by atoms with Gasteiger partial charge in [-0.3, -0.25) is 0 Å². The number of primary amides is 1. The number of carbonyl (C=O) groups excluding carboxylic acids is 2. The molecule has 1 saturated carbocycles. The molecule has 0 atom stereocenters. The van der Waals surface area contributed by atoms with Gasteiger partial charge in [0.1, 0.15) is 6.10 Å². The molecule has 0 aromatic carbocycles. The van der Waals surface area contributed by atoms with Crippen molar-refractivity contribution in [2.24, 2.45) is 5.73 Å². The fourth-order valence-electron chi connectivity index (χ4n) is 1.67. The third-order valence-corrected chi connectivity index (χ3v) is 2.80. The summed E-state index contributed by atoms with van der Waals surface area (Å²) in [6.45, 7) is 0.914. The van der Waals surface area contributed by atoms with E-state index in [4.69, 9.17) is 10.5 Å². The summed E-state index contributed by atoms with van der Waals surface area (Å²) in [5.74, 6) is 0. The van der Waals surface area contributed by atoms with Gasteiger partial charge in [-0.1, -0.05) is 0 Å². The summed E-state index contributed by atoms with van der Waals surface area (Å²) in [7, 11) is 1.81. The Hall–Kier alpha value is -1.46. The van der Waals surface area contributed by atoms with Crippen LogP contribution in [0.1, 0.15) is 12.8 Å². The SMILES string of the molecule is CN(C(=O)N1CC(OC(N)=O)C1)C1CC1. The largest absolute Gasteiger partial charge is 0.443 e. The highest BCUT2D eigenvalue weighted by atomic mass is 16.6. The summed E-state index contributed by atoms with van der Waals surface area (Å²) in [6.07, 6.45) is 1.19.